The van der Waals surface area contributed by atoms with Crippen LogP contribution in [0, 0.1) is 0 Å². The highest BCUT2D eigenvalue weighted by Gasteiger charge is 1.85. The molecule has 0 rings (SSSR count). The molecule has 0 aromatic heterocycles. The molecule has 0 saturated heterocycles. The SMILES string of the molecule is CC=CCCCCCCC.CS(=O)(=O)O. The van der Waals surface area contributed by atoms with Crippen molar-refractivity contribution in [2.24, 2.45) is 0 Å². The van der Waals surface area contributed by atoms with E-state index >= 15 is 0 Å². The molecule has 0 heterocycles. The molecule has 0 bridgehead atoms. The second kappa shape index (κ2) is 11.7. The molecule has 0 saturated carbocycles. The Bertz CT molecular complexity index is 222. The van der Waals surface area contributed by atoms with Crippen LogP contribution in [0.4, 0.5) is 0 Å². The topological polar surface area (TPSA) is 54.4 Å². The van der Waals surface area contributed by atoms with Crippen LogP contribution < -0.4 is 0 Å². The smallest absolute Gasteiger partial charge is 0.261 e. The highest BCUT2D eigenvalue weighted by molar-refractivity contribution is 7.85. The molecule has 0 aliphatic heterocycles. The predicted octanol–water partition coefficient (Wildman–Crippen LogP) is 3.43. The molecule has 0 unspecified atom stereocenters. The number of allylic oxidation sites excluding steroid dienone is 2. The zero-order valence-corrected chi connectivity index (χ0v) is 10.9. The van der Waals surface area contributed by atoms with E-state index in [0.717, 1.165) is 0 Å². The van der Waals surface area contributed by atoms with Crippen LogP contribution in [-0.4, -0.2) is 19.2 Å². The van der Waals surface area contributed by atoms with Gasteiger partial charge in [-0.25, -0.2) is 0 Å². The van der Waals surface area contributed by atoms with Crippen LogP contribution in [0.1, 0.15) is 52.4 Å². The fraction of sp³-hybridized carbons (Fsp3) is 0.818. The van der Waals surface area contributed by atoms with E-state index in [-0.39, 0.29) is 0 Å². The Morgan fingerprint density at radius 3 is 2.00 bits per heavy atom. The van der Waals surface area contributed by atoms with Gasteiger partial charge in [-0.1, -0.05) is 44.8 Å². The minimum absolute atomic E-state index is 0.715. The molecular formula is C11H24O3S. The standard InChI is InChI=1S/C10H20.CH4O3S/c1-3-5-7-9-10-8-6-4-2;1-5(2,3)4/h3,5H,4,6-10H2,1-2H3;1H3,(H,2,3,4). The number of rotatable bonds is 6. The quantitative estimate of drug-likeness (QED) is 0.437. The summed E-state index contributed by atoms with van der Waals surface area (Å²) in [6, 6.07) is 0. The van der Waals surface area contributed by atoms with Gasteiger partial charge in [0.15, 0.2) is 0 Å². The van der Waals surface area contributed by atoms with Gasteiger partial charge >= 0.3 is 0 Å². The van der Waals surface area contributed by atoms with E-state index in [9.17, 15) is 8.42 Å². The zero-order valence-electron chi connectivity index (χ0n) is 10.1. The molecule has 0 radical (unpaired) electrons. The van der Waals surface area contributed by atoms with Crippen molar-refractivity contribution in [1.29, 1.82) is 0 Å². The Morgan fingerprint density at radius 1 is 1.13 bits per heavy atom. The van der Waals surface area contributed by atoms with Gasteiger partial charge in [0.2, 0.25) is 0 Å². The van der Waals surface area contributed by atoms with Gasteiger partial charge in [-0.05, 0) is 19.8 Å². The first-order chi connectivity index (χ1) is 6.91. The fourth-order valence-electron chi connectivity index (χ4n) is 1.03. The highest BCUT2D eigenvalue weighted by atomic mass is 32.2. The summed E-state index contributed by atoms with van der Waals surface area (Å²) < 4.78 is 25.9. The minimum Gasteiger partial charge on any atom is -0.286 e. The third kappa shape index (κ3) is 41.9. The monoisotopic (exact) mass is 236 g/mol. The highest BCUT2D eigenvalue weighted by Crippen LogP contribution is 2.04. The molecule has 0 atom stereocenters. The molecule has 1 N–H and O–H groups in total. The van der Waals surface area contributed by atoms with Crippen LogP contribution >= 0.6 is 0 Å². The second-order valence-corrected chi connectivity index (χ2v) is 4.97. The summed E-state index contributed by atoms with van der Waals surface area (Å²) in [5.41, 5.74) is 0. The first kappa shape index (κ1) is 17.1. The van der Waals surface area contributed by atoms with Gasteiger partial charge in [0.05, 0.1) is 6.26 Å². The van der Waals surface area contributed by atoms with Gasteiger partial charge in [0.1, 0.15) is 0 Å². The molecule has 0 aliphatic carbocycles. The Labute approximate surface area is 94.3 Å². The minimum atomic E-state index is -3.67. The Balaban J connectivity index is 0. The maximum Gasteiger partial charge on any atom is 0.261 e. The number of unbranched alkanes of at least 4 members (excludes halogenated alkanes) is 5. The summed E-state index contributed by atoms with van der Waals surface area (Å²) in [5.74, 6) is 0. The average molecular weight is 236 g/mol. The zero-order chi connectivity index (χ0) is 12.2. The third-order valence-corrected chi connectivity index (χ3v) is 1.71. The Hall–Kier alpha value is -0.350. The first-order valence-corrected chi connectivity index (χ1v) is 7.30. The van der Waals surface area contributed by atoms with Crippen LogP contribution in [0.15, 0.2) is 12.2 Å². The molecule has 0 aliphatic rings. The lowest BCUT2D eigenvalue weighted by Crippen LogP contribution is -1.88. The van der Waals surface area contributed by atoms with Crippen LogP contribution in [0.2, 0.25) is 0 Å². The van der Waals surface area contributed by atoms with Crippen molar-refractivity contribution in [3.63, 3.8) is 0 Å². The third-order valence-electron chi connectivity index (χ3n) is 1.71. The molecule has 92 valence electrons. The predicted molar refractivity (Wildman–Crippen MR) is 65.7 cm³/mol. The maximum absolute atomic E-state index is 9.19. The van der Waals surface area contributed by atoms with Gasteiger partial charge in [-0.2, -0.15) is 8.42 Å². The lowest BCUT2D eigenvalue weighted by atomic mass is 10.1. The van der Waals surface area contributed by atoms with E-state index < -0.39 is 10.1 Å². The molecule has 0 aromatic carbocycles. The molecule has 15 heavy (non-hydrogen) atoms. The maximum atomic E-state index is 9.19. The van der Waals surface area contributed by atoms with Crippen molar-refractivity contribution in [3.05, 3.63) is 12.2 Å². The fourth-order valence-corrected chi connectivity index (χ4v) is 1.03. The van der Waals surface area contributed by atoms with Crippen LogP contribution in [0.3, 0.4) is 0 Å². The summed E-state index contributed by atoms with van der Waals surface area (Å²) in [4.78, 5) is 0. The number of hydrogen-bond donors (Lipinski definition) is 1. The van der Waals surface area contributed by atoms with Crippen molar-refractivity contribution < 1.29 is 13.0 Å². The molecule has 3 nitrogen and oxygen atoms in total. The van der Waals surface area contributed by atoms with Gasteiger partial charge < -0.3 is 0 Å². The van der Waals surface area contributed by atoms with Gasteiger partial charge in [0, 0.05) is 0 Å². The van der Waals surface area contributed by atoms with Crippen molar-refractivity contribution in [1.82, 2.24) is 0 Å². The van der Waals surface area contributed by atoms with Crippen molar-refractivity contribution in [2.45, 2.75) is 52.4 Å². The van der Waals surface area contributed by atoms with Gasteiger partial charge in [0.25, 0.3) is 10.1 Å². The summed E-state index contributed by atoms with van der Waals surface area (Å²) in [5, 5.41) is 0. The van der Waals surface area contributed by atoms with E-state index in [2.05, 4.69) is 26.0 Å². The van der Waals surface area contributed by atoms with E-state index in [1.807, 2.05) is 0 Å². The average Bonchev–Trinajstić information content (AvgIpc) is 2.08. The largest absolute Gasteiger partial charge is 0.286 e. The van der Waals surface area contributed by atoms with Gasteiger partial charge in [-0.15, -0.1) is 0 Å². The molecule has 4 heteroatoms. The summed E-state index contributed by atoms with van der Waals surface area (Å²) >= 11 is 0. The molecule has 0 aromatic rings. The Morgan fingerprint density at radius 2 is 1.60 bits per heavy atom. The van der Waals surface area contributed by atoms with E-state index in [1.165, 1.54) is 38.5 Å². The Kier molecular flexibility index (Phi) is 13.3. The summed E-state index contributed by atoms with van der Waals surface area (Å²) in [6.45, 7) is 4.35. The van der Waals surface area contributed by atoms with Crippen molar-refractivity contribution >= 4 is 10.1 Å². The second-order valence-electron chi connectivity index (χ2n) is 3.50. The van der Waals surface area contributed by atoms with E-state index in [1.54, 1.807) is 0 Å². The normalized spacial score (nSPS) is 11.2. The van der Waals surface area contributed by atoms with Crippen LogP contribution in [0.5, 0.6) is 0 Å². The first-order valence-electron chi connectivity index (χ1n) is 5.45. The molecule has 0 amide bonds. The summed E-state index contributed by atoms with van der Waals surface area (Å²) in [7, 11) is -3.67. The number of hydrogen-bond acceptors (Lipinski definition) is 2. The molecule has 0 fully saturated rings. The molecule has 0 spiro atoms. The summed E-state index contributed by atoms with van der Waals surface area (Å²) in [6.07, 6.45) is 13.4. The van der Waals surface area contributed by atoms with Crippen LogP contribution in [-0.2, 0) is 10.1 Å². The van der Waals surface area contributed by atoms with Crippen molar-refractivity contribution in [2.75, 3.05) is 6.26 Å². The van der Waals surface area contributed by atoms with Crippen LogP contribution in [0.25, 0.3) is 0 Å². The van der Waals surface area contributed by atoms with Crippen molar-refractivity contribution in [3.8, 4) is 0 Å². The van der Waals surface area contributed by atoms with Gasteiger partial charge in [-0.3, -0.25) is 4.55 Å². The lowest BCUT2D eigenvalue weighted by Gasteiger charge is -1.95. The molecular weight excluding hydrogens is 212 g/mol. The van der Waals surface area contributed by atoms with E-state index in [0.29, 0.717) is 6.26 Å². The lowest BCUT2D eigenvalue weighted by molar-refractivity contribution is 0.490. The van der Waals surface area contributed by atoms with E-state index in [4.69, 9.17) is 4.55 Å².